The number of carbonyl (C=O) groups is 1. The van der Waals surface area contributed by atoms with Gasteiger partial charge in [0.2, 0.25) is 5.91 Å². The predicted molar refractivity (Wildman–Crippen MR) is 69.4 cm³/mol. The van der Waals surface area contributed by atoms with Crippen molar-refractivity contribution in [2.45, 2.75) is 0 Å². The summed E-state index contributed by atoms with van der Waals surface area (Å²) in [6.07, 6.45) is 0. The molecule has 5 nitrogen and oxygen atoms in total. The molecule has 1 N–H and O–H groups in total. The first-order chi connectivity index (χ1) is 8.81. The van der Waals surface area contributed by atoms with Gasteiger partial charge in [-0.05, 0) is 5.56 Å². The molecule has 1 aliphatic heterocycles. The van der Waals surface area contributed by atoms with Crippen molar-refractivity contribution < 1.29 is 9.53 Å². The fourth-order valence-electron chi connectivity index (χ4n) is 1.85. The van der Waals surface area contributed by atoms with Crippen LogP contribution in [0.15, 0.2) is 35.4 Å². The third-order valence-corrected chi connectivity index (χ3v) is 2.78. The highest BCUT2D eigenvalue weighted by atomic mass is 16.5. The van der Waals surface area contributed by atoms with Gasteiger partial charge in [-0.15, -0.1) is 0 Å². The van der Waals surface area contributed by atoms with Gasteiger partial charge >= 0.3 is 0 Å². The van der Waals surface area contributed by atoms with Crippen LogP contribution in [0.4, 0.5) is 0 Å². The zero-order valence-electron chi connectivity index (χ0n) is 10.4. The van der Waals surface area contributed by atoms with Gasteiger partial charge in [-0.3, -0.25) is 4.79 Å². The monoisotopic (exact) mass is 247 g/mol. The van der Waals surface area contributed by atoms with Crippen molar-refractivity contribution in [1.29, 1.82) is 0 Å². The maximum Gasteiger partial charge on any atom is 0.249 e. The molecule has 1 saturated heterocycles. The van der Waals surface area contributed by atoms with E-state index in [2.05, 4.69) is 10.5 Å². The summed E-state index contributed by atoms with van der Waals surface area (Å²) < 4.78 is 5.11. The lowest BCUT2D eigenvalue weighted by molar-refractivity contribution is -0.141. The third-order valence-electron chi connectivity index (χ3n) is 2.78. The molecule has 0 atom stereocenters. The molecule has 0 radical (unpaired) electrons. The van der Waals surface area contributed by atoms with Crippen molar-refractivity contribution in [2.75, 3.05) is 33.4 Å². The fraction of sp³-hybridized carbons (Fsp3) is 0.385. The molecule has 1 amide bonds. The van der Waals surface area contributed by atoms with Crippen LogP contribution in [-0.4, -0.2) is 49.9 Å². The molecule has 0 spiro atoms. The molecule has 1 heterocycles. The van der Waals surface area contributed by atoms with Crippen LogP contribution in [0, 0.1) is 0 Å². The van der Waals surface area contributed by atoms with E-state index in [1.165, 1.54) is 0 Å². The smallest absolute Gasteiger partial charge is 0.249 e. The first-order valence-electron chi connectivity index (χ1n) is 5.95. The third kappa shape index (κ3) is 3.07. The van der Waals surface area contributed by atoms with Gasteiger partial charge in [-0.2, -0.15) is 5.10 Å². The Labute approximate surface area is 106 Å². The molecule has 0 bridgehead atoms. The number of amides is 1. The van der Waals surface area contributed by atoms with E-state index >= 15 is 0 Å². The maximum absolute atomic E-state index is 11.7. The zero-order valence-corrected chi connectivity index (χ0v) is 10.4. The van der Waals surface area contributed by atoms with Gasteiger partial charge in [0.1, 0.15) is 6.61 Å². The van der Waals surface area contributed by atoms with E-state index in [4.69, 9.17) is 4.74 Å². The number of benzene rings is 1. The van der Waals surface area contributed by atoms with Crippen LogP contribution in [-0.2, 0) is 9.53 Å². The lowest BCUT2D eigenvalue weighted by atomic mass is 10.1. The lowest BCUT2D eigenvalue weighted by Crippen LogP contribution is -2.44. The van der Waals surface area contributed by atoms with Crippen molar-refractivity contribution in [3.8, 4) is 0 Å². The predicted octanol–water partition coefficient (Wildman–Crippen LogP) is 0.469. The Kier molecular flexibility index (Phi) is 4.30. The Morgan fingerprint density at radius 3 is 2.89 bits per heavy atom. The molecule has 1 fully saturated rings. The normalized spacial score (nSPS) is 16.8. The van der Waals surface area contributed by atoms with Gasteiger partial charge in [-0.1, -0.05) is 30.3 Å². The summed E-state index contributed by atoms with van der Waals surface area (Å²) in [5, 5.41) is 4.25. The molecule has 1 aromatic rings. The Balaban J connectivity index is 2.12. The maximum atomic E-state index is 11.7. The largest absolute Gasteiger partial charge is 0.370 e. The zero-order chi connectivity index (χ0) is 12.8. The van der Waals surface area contributed by atoms with Crippen molar-refractivity contribution >= 4 is 11.6 Å². The molecule has 18 heavy (non-hydrogen) atoms. The van der Waals surface area contributed by atoms with Gasteiger partial charge in [0.15, 0.2) is 0 Å². The van der Waals surface area contributed by atoms with Crippen LogP contribution < -0.4 is 5.43 Å². The van der Waals surface area contributed by atoms with Crippen LogP contribution in [0.5, 0.6) is 0 Å². The number of morpholine rings is 1. The van der Waals surface area contributed by atoms with Crippen molar-refractivity contribution in [1.82, 2.24) is 10.3 Å². The number of rotatable bonds is 4. The summed E-state index contributed by atoms with van der Waals surface area (Å²) in [6.45, 7) is 1.89. The number of hydrogen-bond acceptors (Lipinski definition) is 4. The molecular formula is C13H17N3O2. The highest BCUT2D eigenvalue weighted by Crippen LogP contribution is 2.05. The van der Waals surface area contributed by atoms with Gasteiger partial charge in [-0.25, -0.2) is 0 Å². The summed E-state index contributed by atoms with van der Waals surface area (Å²) >= 11 is 0. The quantitative estimate of drug-likeness (QED) is 0.621. The molecule has 0 unspecified atom stereocenters. The summed E-state index contributed by atoms with van der Waals surface area (Å²) in [5.74, 6) is 0.0148. The van der Waals surface area contributed by atoms with Crippen LogP contribution in [0.2, 0.25) is 0 Å². The van der Waals surface area contributed by atoms with E-state index in [9.17, 15) is 4.79 Å². The minimum absolute atomic E-state index is 0.0148. The minimum atomic E-state index is 0.0148. The minimum Gasteiger partial charge on any atom is -0.370 e. The van der Waals surface area contributed by atoms with Gasteiger partial charge in [0.05, 0.1) is 18.9 Å². The van der Waals surface area contributed by atoms with Crippen LogP contribution >= 0.6 is 0 Å². The second-order valence-electron chi connectivity index (χ2n) is 4.02. The summed E-state index contributed by atoms with van der Waals surface area (Å²) in [7, 11) is 1.75. The van der Waals surface area contributed by atoms with Gasteiger partial charge < -0.3 is 15.1 Å². The van der Waals surface area contributed by atoms with E-state index in [-0.39, 0.29) is 12.5 Å². The Morgan fingerprint density at radius 2 is 2.22 bits per heavy atom. The van der Waals surface area contributed by atoms with Crippen molar-refractivity contribution in [2.24, 2.45) is 5.10 Å². The number of nitrogens with zero attached hydrogens (tertiary/aromatic N) is 2. The number of ether oxygens (including phenoxy) is 1. The first-order valence-corrected chi connectivity index (χ1v) is 5.95. The molecule has 2 rings (SSSR count). The van der Waals surface area contributed by atoms with Gasteiger partial charge in [0, 0.05) is 13.6 Å². The van der Waals surface area contributed by atoms with E-state index < -0.39 is 0 Å². The molecule has 0 aliphatic carbocycles. The molecule has 1 aromatic carbocycles. The number of nitrogens with one attached hydrogen (secondary N) is 1. The SMILES string of the molecule is CN/N=C(/CN1CCOCC1=O)c1ccccc1. The fourth-order valence-corrected chi connectivity index (χ4v) is 1.85. The Hall–Kier alpha value is -1.88. The van der Waals surface area contributed by atoms with Crippen LogP contribution in [0.1, 0.15) is 5.56 Å². The second-order valence-corrected chi connectivity index (χ2v) is 4.02. The highest BCUT2D eigenvalue weighted by Gasteiger charge is 2.20. The molecule has 1 aliphatic rings. The summed E-state index contributed by atoms with van der Waals surface area (Å²) in [6, 6.07) is 9.85. The lowest BCUT2D eigenvalue weighted by Gasteiger charge is -2.27. The molecular weight excluding hydrogens is 230 g/mol. The summed E-state index contributed by atoms with van der Waals surface area (Å²) in [5.41, 5.74) is 4.66. The Bertz CT molecular complexity index is 431. The molecule has 0 aromatic heterocycles. The topological polar surface area (TPSA) is 53.9 Å². The average molecular weight is 247 g/mol. The first kappa shape index (κ1) is 12.6. The molecule has 96 valence electrons. The van der Waals surface area contributed by atoms with Crippen molar-refractivity contribution in [3.05, 3.63) is 35.9 Å². The molecule has 0 saturated carbocycles. The van der Waals surface area contributed by atoms with E-state index in [1.807, 2.05) is 30.3 Å². The number of hydrazone groups is 1. The van der Waals surface area contributed by atoms with Crippen LogP contribution in [0.3, 0.4) is 0 Å². The van der Waals surface area contributed by atoms with E-state index in [0.29, 0.717) is 19.7 Å². The number of carbonyl (C=O) groups excluding carboxylic acids is 1. The average Bonchev–Trinajstić information content (AvgIpc) is 2.42. The molecule has 5 heteroatoms. The standard InChI is InChI=1S/C13H17N3O2/c1-14-15-12(11-5-3-2-4-6-11)9-16-7-8-18-10-13(16)17/h2-6,14H,7-10H2,1H3/b15-12-. The summed E-state index contributed by atoms with van der Waals surface area (Å²) in [4.78, 5) is 13.5. The van der Waals surface area contributed by atoms with Crippen molar-refractivity contribution in [3.63, 3.8) is 0 Å². The van der Waals surface area contributed by atoms with Crippen LogP contribution in [0.25, 0.3) is 0 Å². The highest BCUT2D eigenvalue weighted by molar-refractivity contribution is 6.03. The number of hydrogen-bond donors (Lipinski definition) is 1. The van der Waals surface area contributed by atoms with Gasteiger partial charge in [0.25, 0.3) is 0 Å². The van der Waals surface area contributed by atoms with E-state index in [0.717, 1.165) is 11.3 Å². The van der Waals surface area contributed by atoms with E-state index in [1.54, 1.807) is 11.9 Å². The Morgan fingerprint density at radius 1 is 1.44 bits per heavy atom. The second kappa shape index (κ2) is 6.16.